The number of hydrogen-bond acceptors (Lipinski definition) is 3. The zero-order valence-electron chi connectivity index (χ0n) is 9.99. The normalized spacial score (nSPS) is 17.4. The van der Waals surface area contributed by atoms with Gasteiger partial charge in [-0.3, -0.25) is 4.79 Å². The van der Waals surface area contributed by atoms with Crippen molar-refractivity contribution in [2.24, 2.45) is 5.92 Å². The summed E-state index contributed by atoms with van der Waals surface area (Å²) in [6.45, 7) is 3.75. The number of Topliss-reactive ketones (excluding diaryl/α,β-unsaturated/α-hetero) is 1. The first-order chi connectivity index (χ1) is 7.66. The molecule has 1 fully saturated rings. The molecule has 3 nitrogen and oxygen atoms in total. The topological polar surface area (TPSA) is 42.9 Å². The summed E-state index contributed by atoms with van der Waals surface area (Å²) in [6.07, 6.45) is 5.69. The number of aryl methyl sites for hydroxylation is 2. The molecule has 0 bridgehead atoms. The second-order valence-electron chi connectivity index (χ2n) is 4.64. The van der Waals surface area contributed by atoms with Crippen molar-refractivity contribution in [1.82, 2.24) is 9.97 Å². The molecule has 0 aliphatic heterocycles. The molecule has 0 spiro atoms. The highest BCUT2D eigenvalue weighted by Gasteiger charge is 2.23. The molecule has 1 aliphatic carbocycles. The Balaban J connectivity index is 2.19. The molecule has 2 rings (SSSR count). The Morgan fingerprint density at radius 3 is 2.50 bits per heavy atom. The largest absolute Gasteiger partial charge is 0.292 e. The van der Waals surface area contributed by atoms with Crippen LogP contribution in [0.15, 0.2) is 6.07 Å². The Labute approximate surface area is 96.3 Å². The van der Waals surface area contributed by atoms with E-state index in [2.05, 4.69) is 9.97 Å². The number of carbonyl (C=O) groups is 1. The maximum absolute atomic E-state index is 12.2. The van der Waals surface area contributed by atoms with Crippen LogP contribution in [0.5, 0.6) is 0 Å². The molecule has 0 radical (unpaired) electrons. The number of nitrogens with zero attached hydrogens (tertiary/aromatic N) is 2. The van der Waals surface area contributed by atoms with Crippen LogP contribution in [0.3, 0.4) is 0 Å². The summed E-state index contributed by atoms with van der Waals surface area (Å²) < 4.78 is 0. The number of ketones is 1. The van der Waals surface area contributed by atoms with Crippen molar-refractivity contribution in [2.75, 3.05) is 0 Å². The standard InChI is InChI=1S/C13H18N2O/c1-9-8-12(15-10(2)14-9)13(16)11-6-4-3-5-7-11/h8,11H,3-7H2,1-2H3. The smallest absolute Gasteiger partial charge is 0.184 e. The fourth-order valence-electron chi connectivity index (χ4n) is 2.42. The van der Waals surface area contributed by atoms with E-state index in [1.165, 1.54) is 19.3 Å². The van der Waals surface area contributed by atoms with Gasteiger partial charge in [0.1, 0.15) is 11.5 Å². The van der Waals surface area contributed by atoms with Gasteiger partial charge in [0.05, 0.1) is 0 Å². The second kappa shape index (κ2) is 4.73. The minimum absolute atomic E-state index is 0.197. The quantitative estimate of drug-likeness (QED) is 0.717. The highest BCUT2D eigenvalue weighted by Crippen LogP contribution is 2.26. The van der Waals surface area contributed by atoms with Crippen LogP contribution in [0.4, 0.5) is 0 Å². The Morgan fingerprint density at radius 2 is 1.88 bits per heavy atom. The molecule has 86 valence electrons. The molecule has 0 unspecified atom stereocenters. The van der Waals surface area contributed by atoms with Gasteiger partial charge >= 0.3 is 0 Å². The van der Waals surface area contributed by atoms with E-state index in [0.29, 0.717) is 11.5 Å². The number of aromatic nitrogens is 2. The Morgan fingerprint density at radius 1 is 1.19 bits per heavy atom. The minimum atomic E-state index is 0.197. The molecule has 1 saturated carbocycles. The summed E-state index contributed by atoms with van der Waals surface area (Å²) in [5, 5.41) is 0. The predicted molar refractivity (Wildman–Crippen MR) is 62.4 cm³/mol. The van der Waals surface area contributed by atoms with Crippen molar-refractivity contribution in [3.05, 3.63) is 23.3 Å². The third-order valence-electron chi connectivity index (χ3n) is 3.19. The number of carbonyl (C=O) groups excluding carboxylic acids is 1. The average molecular weight is 218 g/mol. The van der Waals surface area contributed by atoms with E-state index in [9.17, 15) is 4.79 Å². The molecule has 3 heteroatoms. The predicted octanol–water partition coefficient (Wildman–Crippen LogP) is 2.86. The number of rotatable bonds is 2. The van der Waals surface area contributed by atoms with E-state index in [1.807, 2.05) is 19.9 Å². The summed E-state index contributed by atoms with van der Waals surface area (Å²) in [6, 6.07) is 1.81. The summed E-state index contributed by atoms with van der Waals surface area (Å²) in [5.41, 5.74) is 1.49. The molecule has 0 saturated heterocycles. The van der Waals surface area contributed by atoms with Crippen molar-refractivity contribution in [3.8, 4) is 0 Å². The van der Waals surface area contributed by atoms with Crippen molar-refractivity contribution >= 4 is 5.78 Å². The lowest BCUT2D eigenvalue weighted by atomic mass is 9.85. The van der Waals surface area contributed by atoms with Crippen LogP contribution >= 0.6 is 0 Å². The fraction of sp³-hybridized carbons (Fsp3) is 0.615. The van der Waals surface area contributed by atoms with Crippen LogP contribution in [-0.4, -0.2) is 15.8 Å². The average Bonchev–Trinajstić information content (AvgIpc) is 2.28. The molecular formula is C13H18N2O. The lowest BCUT2D eigenvalue weighted by molar-refractivity contribution is 0.0883. The zero-order chi connectivity index (χ0) is 11.5. The van der Waals surface area contributed by atoms with Gasteiger partial charge < -0.3 is 0 Å². The molecule has 16 heavy (non-hydrogen) atoms. The maximum atomic E-state index is 12.2. The van der Waals surface area contributed by atoms with Crippen LogP contribution in [0.1, 0.15) is 54.1 Å². The Bertz CT molecular complexity index is 375. The first-order valence-electron chi connectivity index (χ1n) is 6.03. The molecule has 0 N–H and O–H groups in total. The van der Waals surface area contributed by atoms with E-state index < -0.39 is 0 Å². The molecule has 1 aliphatic rings. The van der Waals surface area contributed by atoms with Gasteiger partial charge in [-0.1, -0.05) is 19.3 Å². The highest BCUT2D eigenvalue weighted by molar-refractivity contribution is 5.96. The van der Waals surface area contributed by atoms with E-state index in [0.717, 1.165) is 18.5 Å². The van der Waals surface area contributed by atoms with Crippen LogP contribution in [0.2, 0.25) is 0 Å². The zero-order valence-corrected chi connectivity index (χ0v) is 9.99. The molecule has 0 atom stereocenters. The van der Waals surface area contributed by atoms with Gasteiger partial charge in [-0.15, -0.1) is 0 Å². The molecule has 0 amide bonds. The van der Waals surface area contributed by atoms with Crippen molar-refractivity contribution in [1.29, 1.82) is 0 Å². The maximum Gasteiger partial charge on any atom is 0.184 e. The number of hydrogen-bond donors (Lipinski definition) is 0. The van der Waals surface area contributed by atoms with E-state index in [4.69, 9.17) is 0 Å². The Kier molecular flexibility index (Phi) is 3.32. The van der Waals surface area contributed by atoms with Crippen molar-refractivity contribution in [3.63, 3.8) is 0 Å². The third kappa shape index (κ3) is 2.46. The lowest BCUT2D eigenvalue weighted by Crippen LogP contribution is -2.19. The van der Waals surface area contributed by atoms with Gasteiger partial charge in [0.15, 0.2) is 5.78 Å². The van der Waals surface area contributed by atoms with Gasteiger partial charge in [0.2, 0.25) is 0 Å². The first-order valence-corrected chi connectivity index (χ1v) is 6.03. The van der Waals surface area contributed by atoms with Gasteiger partial charge in [0, 0.05) is 11.6 Å². The monoisotopic (exact) mass is 218 g/mol. The molecule has 1 aromatic rings. The highest BCUT2D eigenvalue weighted by atomic mass is 16.1. The van der Waals surface area contributed by atoms with Gasteiger partial charge in [-0.25, -0.2) is 9.97 Å². The second-order valence-corrected chi connectivity index (χ2v) is 4.64. The van der Waals surface area contributed by atoms with Crippen LogP contribution in [0, 0.1) is 19.8 Å². The Hall–Kier alpha value is -1.25. The summed E-state index contributed by atoms with van der Waals surface area (Å²) in [5.74, 6) is 1.11. The lowest BCUT2D eigenvalue weighted by Gasteiger charge is -2.19. The fourth-order valence-corrected chi connectivity index (χ4v) is 2.42. The molecular weight excluding hydrogens is 200 g/mol. The molecule has 1 heterocycles. The van der Waals surface area contributed by atoms with Gasteiger partial charge in [0.25, 0.3) is 0 Å². The van der Waals surface area contributed by atoms with E-state index >= 15 is 0 Å². The molecule has 0 aromatic carbocycles. The van der Waals surface area contributed by atoms with Crippen LogP contribution in [0.25, 0.3) is 0 Å². The molecule has 1 aromatic heterocycles. The summed E-state index contributed by atoms with van der Waals surface area (Å²) in [4.78, 5) is 20.7. The first kappa shape index (κ1) is 11.2. The van der Waals surface area contributed by atoms with Crippen LogP contribution in [-0.2, 0) is 0 Å². The van der Waals surface area contributed by atoms with E-state index in [1.54, 1.807) is 0 Å². The van der Waals surface area contributed by atoms with E-state index in [-0.39, 0.29) is 11.7 Å². The van der Waals surface area contributed by atoms with Crippen LogP contribution < -0.4 is 0 Å². The third-order valence-corrected chi connectivity index (χ3v) is 3.19. The summed E-state index contributed by atoms with van der Waals surface area (Å²) in [7, 11) is 0. The van der Waals surface area contributed by atoms with Gasteiger partial charge in [-0.2, -0.15) is 0 Å². The van der Waals surface area contributed by atoms with Crippen molar-refractivity contribution in [2.45, 2.75) is 46.0 Å². The summed E-state index contributed by atoms with van der Waals surface area (Å²) >= 11 is 0. The SMILES string of the molecule is Cc1cc(C(=O)C2CCCCC2)nc(C)n1. The van der Waals surface area contributed by atoms with Gasteiger partial charge in [-0.05, 0) is 32.8 Å². The van der Waals surface area contributed by atoms with Crippen molar-refractivity contribution < 1.29 is 4.79 Å². The minimum Gasteiger partial charge on any atom is -0.292 e.